The van der Waals surface area contributed by atoms with Crippen LogP contribution in [-0.4, -0.2) is 14.8 Å². The number of halogens is 1. The highest BCUT2D eigenvalue weighted by atomic mass is 19.1. The van der Waals surface area contributed by atoms with Crippen molar-refractivity contribution in [1.82, 2.24) is 14.8 Å². The lowest BCUT2D eigenvalue weighted by molar-refractivity contribution is 0.486. The first-order chi connectivity index (χ1) is 9.25. The molecule has 3 rings (SSSR count). The summed E-state index contributed by atoms with van der Waals surface area (Å²) >= 11 is 0. The predicted octanol–water partition coefficient (Wildman–Crippen LogP) is 2.42. The Bertz CT molecular complexity index is 626. The molecule has 1 N–H and O–H groups in total. The lowest BCUT2D eigenvalue weighted by Crippen LogP contribution is -2.22. The molecular formula is C14H16FN3O. The number of benzene rings is 1. The lowest BCUT2D eigenvalue weighted by atomic mass is 10.1. The van der Waals surface area contributed by atoms with Gasteiger partial charge in [0.2, 0.25) is 0 Å². The van der Waals surface area contributed by atoms with E-state index in [0.717, 1.165) is 25.7 Å². The van der Waals surface area contributed by atoms with E-state index in [1.165, 1.54) is 6.07 Å². The molecule has 0 saturated heterocycles. The van der Waals surface area contributed by atoms with Crippen molar-refractivity contribution < 1.29 is 4.39 Å². The van der Waals surface area contributed by atoms with E-state index >= 15 is 0 Å². The van der Waals surface area contributed by atoms with Gasteiger partial charge < -0.3 is 0 Å². The Kier molecular flexibility index (Phi) is 3.19. The van der Waals surface area contributed by atoms with Crippen LogP contribution in [-0.2, 0) is 6.42 Å². The fraction of sp³-hybridized carbons (Fsp3) is 0.429. The first-order valence-electron chi connectivity index (χ1n) is 6.65. The molecule has 2 aromatic rings. The molecular weight excluding hydrogens is 245 g/mol. The van der Waals surface area contributed by atoms with E-state index in [1.54, 1.807) is 22.8 Å². The maximum atomic E-state index is 13.7. The van der Waals surface area contributed by atoms with E-state index < -0.39 is 0 Å². The van der Waals surface area contributed by atoms with Crippen LogP contribution in [0, 0.1) is 5.82 Å². The molecule has 1 heterocycles. The third-order valence-electron chi connectivity index (χ3n) is 3.77. The lowest BCUT2D eigenvalue weighted by Gasteiger charge is -2.12. The van der Waals surface area contributed by atoms with Gasteiger partial charge in [-0.1, -0.05) is 31.0 Å². The quantitative estimate of drug-likeness (QED) is 0.922. The SMILES string of the molecule is O=c1[nH]nc(Cc2ccccc2F)n1C1CCCC1. The number of nitrogens with zero attached hydrogens (tertiary/aromatic N) is 2. The van der Waals surface area contributed by atoms with Gasteiger partial charge in [-0.05, 0) is 24.5 Å². The average Bonchev–Trinajstić information content (AvgIpc) is 3.02. The van der Waals surface area contributed by atoms with E-state index in [4.69, 9.17) is 0 Å². The van der Waals surface area contributed by atoms with Gasteiger partial charge in [0.25, 0.3) is 0 Å². The van der Waals surface area contributed by atoms with Crippen LogP contribution in [0.25, 0.3) is 0 Å². The highest BCUT2D eigenvalue weighted by Crippen LogP contribution is 2.29. The fourth-order valence-electron chi connectivity index (χ4n) is 2.81. The minimum Gasteiger partial charge on any atom is -0.276 e. The summed E-state index contributed by atoms with van der Waals surface area (Å²) in [6.45, 7) is 0. The molecule has 0 radical (unpaired) electrons. The van der Waals surface area contributed by atoms with Gasteiger partial charge >= 0.3 is 5.69 Å². The molecule has 1 aromatic carbocycles. The van der Waals surface area contributed by atoms with E-state index in [1.807, 2.05) is 0 Å². The standard InChI is InChI=1S/C14H16FN3O/c15-12-8-4-1-5-10(12)9-13-16-17-14(19)18(13)11-6-2-3-7-11/h1,4-5,8,11H,2-3,6-7,9H2,(H,17,19). The zero-order valence-electron chi connectivity index (χ0n) is 10.6. The second-order valence-electron chi connectivity index (χ2n) is 5.02. The molecule has 5 heteroatoms. The Labute approximate surface area is 110 Å². The van der Waals surface area contributed by atoms with Crippen molar-refractivity contribution in [3.05, 3.63) is 52.0 Å². The maximum Gasteiger partial charge on any atom is 0.343 e. The summed E-state index contributed by atoms with van der Waals surface area (Å²) in [5.41, 5.74) is 0.388. The summed E-state index contributed by atoms with van der Waals surface area (Å²) in [7, 11) is 0. The van der Waals surface area contributed by atoms with Crippen molar-refractivity contribution >= 4 is 0 Å². The van der Waals surface area contributed by atoms with Crippen molar-refractivity contribution in [3.8, 4) is 0 Å². The minimum absolute atomic E-state index is 0.182. The molecule has 0 spiro atoms. The number of hydrogen-bond acceptors (Lipinski definition) is 2. The Morgan fingerprint density at radius 2 is 2.05 bits per heavy atom. The molecule has 4 nitrogen and oxygen atoms in total. The van der Waals surface area contributed by atoms with Crippen LogP contribution in [0.1, 0.15) is 43.1 Å². The number of H-pyrrole nitrogens is 1. The second-order valence-corrected chi connectivity index (χ2v) is 5.02. The summed E-state index contributed by atoms with van der Waals surface area (Å²) in [5, 5.41) is 6.54. The zero-order chi connectivity index (χ0) is 13.2. The molecule has 1 aromatic heterocycles. The van der Waals surface area contributed by atoms with Crippen molar-refractivity contribution in [1.29, 1.82) is 0 Å². The van der Waals surface area contributed by atoms with Crippen molar-refractivity contribution in [2.75, 3.05) is 0 Å². The molecule has 1 aliphatic rings. The Balaban J connectivity index is 1.93. The van der Waals surface area contributed by atoms with E-state index in [0.29, 0.717) is 17.8 Å². The highest BCUT2D eigenvalue weighted by molar-refractivity contribution is 5.21. The largest absolute Gasteiger partial charge is 0.343 e. The van der Waals surface area contributed by atoms with Gasteiger partial charge in [0.05, 0.1) is 0 Å². The summed E-state index contributed by atoms with van der Waals surface area (Å²) in [6, 6.07) is 6.83. The molecule has 19 heavy (non-hydrogen) atoms. The van der Waals surface area contributed by atoms with E-state index in [-0.39, 0.29) is 17.5 Å². The second kappa shape index (κ2) is 4.99. The molecule has 0 aliphatic heterocycles. The number of aromatic amines is 1. The molecule has 0 unspecified atom stereocenters. The van der Waals surface area contributed by atoms with Crippen LogP contribution in [0.3, 0.4) is 0 Å². The monoisotopic (exact) mass is 261 g/mol. The average molecular weight is 261 g/mol. The zero-order valence-corrected chi connectivity index (χ0v) is 10.6. The van der Waals surface area contributed by atoms with E-state index in [2.05, 4.69) is 10.2 Å². The number of aromatic nitrogens is 3. The molecule has 0 bridgehead atoms. The Morgan fingerprint density at radius 1 is 1.32 bits per heavy atom. The number of hydrogen-bond donors (Lipinski definition) is 1. The first-order valence-corrected chi connectivity index (χ1v) is 6.65. The van der Waals surface area contributed by atoms with Crippen LogP contribution in [0.4, 0.5) is 4.39 Å². The summed E-state index contributed by atoms with van der Waals surface area (Å²) in [5.74, 6) is 0.373. The maximum absolute atomic E-state index is 13.7. The van der Waals surface area contributed by atoms with Crippen LogP contribution in [0.2, 0.25) is 0 Å². The van der Waals surface area contributed by atoms with Gasteiger partial charge in [-0.3, -0.25) is 4.57 Å². The van der Waals surface area contributed by atoms with E-state index in [9.17, 15) is 9.18 Å². The van der Waals surface area contributed by atoms with Crippen LogP contribution in [0.5, 0.6) is 0 Å². The van der Waals surface area contributed by atoms with Gasteiger partial charge in [0, 0.05) is 12.5 Å². The minimum atomic E-state index is -0.254. The van der Waals surface area contributed by atoms with Crippen molar-refractivity contribution in [3.63, 3.8) is 0 Å². The van der Waals surface area contributed by atoms with Gasteiger partial charge in [-0.25, -0.2) is 14.3 Å². The Hall–Kier alpha value is -1.91. The molecule has 1 saturated carbocycles. The fourth-order valence-corrected chi connectivity index (χ4v) is 2.81. The van der Waals surface area contributed by atoms with Crippen LogP contribution >= 0.6 is 0 Å². The van der Waals surface area contributed by atoms with Crippen LogP contribution in [0.15, 0.2) is 29.1 Å². The summed E-state index contributed by atoms with van der Waals surface area (Å²) in [6.07, 6.45) is 4.64. The van der Waals surface area contributed by atoms with Gasteiger partial charge in [0.1, 0.15) is 11.6 Å². The Morgan fingerprint density at radius 3 is 2.79 bits per heavy atom. The number of nitrogens with one attached hydrogen (secondary N) is 1. The van der Waals surface area contributed by atoms with Crippen LogP contribution < -0.4 is 5.69 Å². The first kappa shape index (κ1) is 12.1. The normalized spacial score (nSPS) is 16.1. The van der Waals surface area contributed by atoms with Gasteiger partial charge in [0.15, 0.2) is 0 Å². The summed E-state index contributed by atoms with van der Waals surface area (Å²) < 4.78 is 15.4. The molecule has 0 amide bonds. The van der Waals surface area contributed by atoms with Gasteiger partial charge in [-0.15, -0.1) is 0 Å². The molecule has 1 aliphatic carbocycles. The molecule has 0 atom stereocenters. The molecule has 1 fully saturated rings. The van der Waals surface area contributed by atoms with Gasteiger partial charge in [-0.2, -0.15) is 5.10 Å². The predicted molar refractivity (Wildman–Crippen MR) is 69.6 cm³/mol. The smallest absolute Gasteiger partial charge is 0.276 e. The van der Waals surface area contributed by atoms with Crippen molar-refractivity contribution in [2.24, 2.45) is 0 Å². The third-order valence-corrected chi connectivity index (χ3v) is 3.77. The highest BCUT2D eigenvalue weighted by Gasteiger charge is 2.22. The topological polar surface area (TPSA) is 50.7 Å². The third kappa shape index (κ3) is 2.32. The molecule has 100 valence electrons. The van der Waals surface area contributed by atoms with Crippen molar-refractivity contribution in [2.45, 2.75) is 38.1 Å². The number of rotatable bonds is 3. The summed E-state index contributed by atoms with van der Waals surface area (Å²) in [4.78, 5) is 11.9.